The van der Waals surface area contributed by atoms with Crippen LogP contribution in [0.25, 0.3) is 10.9 Å². The van der Waals surface area contributed by atoms with Crippen molar-refractivity contribution in [3.63, 3.8) is 0 Å². The highest BCUT2D eigenvalue weighted by molar-refractivity contribution is 7.90. The zero-order valence-corrected chi connectivity index (χ0v) is 18.8. The topological polar surface area (TPSA) is 121 Å². The number of nitrogens with one attached hydrogen (secondary N) is 2. The second-order valence-corrected chi connectivity index (χ2v) is 9.85. The molecule has 0 aliphatic carbocycles. The number of anilines is 2. The van der Waals surface area contributed by atoms with E-state index in [1.165, 1.54) is 18.2 Å². The summed E-state index contributed by atoms with van der Waals surface area (Å²) < 4.78 is 23.6. The molecule has 0 bridgehead atoms. The first-order valence-corrected chi connectivity index (χ1v) is 12.2. The van der Waals surface area contributed by atoms with Crippen molar-refractivity contribution >= 4 is 44.2 Å². The molecule has 0 saturated carbocycles. The van der Waals surface area contributed by atoms with E-state index < -0.39 is 9.84 Å². The van der Waals surface area contributed by atoms with E-state index in [4.69, 9.17) is 0 Å². The largest absolute Gasteiger partial charge is 0.350 e. The standard InChI is InChI=1S/C23H23N5O4S/c1-3-21(29)25-17-7-4-15(5-8-17)22(30)28-11-10-18(14-28)26-23-24-13-16-6-9-19(33(2,31)32)12-20(16)27-23/h3-9,12-13,18H,1,10-11,14H2,2H3,(H,25,29)(H,24,26,27)/t18-/m1/s1. The number of nitrogens with zero attached hydrogens (tertiary/aromatic N) is 3. The lowest BCUT2D eigenvalue weighted by Gasteiger charge is -2.17. The Morgan fingerprint density at radius 3 is 2.64 bits per heavy atom. The van der Waals surface area contributed by atoms with Gasteiger partial charge in [0.2, 0.25) is 11.9 Å². The van der Waals surface area contributed by atoms with E-state index in [1.807, 2.05) is 0 Å². The molecule has 2 aromatic carbocycles. The van der Waals surface area contributed by atoms with Crippen molar-refractivity contribution in [2.24, 2.45) is 0 Å². The van der Waals surface area contributed by atoms with Gasteiger partial charge in [0.15, 0.2) is 9.84 Å². The van der Waals surface area contributed by atoms with Crippen molar-refractivity contribution in [2.75, 3.05) is 30.0 Å². The summed E-state index contributed by atoms with van der Waals surface area (Å²) in [5, 5.41) is 6.63. The summed E-state index contributed by atoms with van der Waals surface area (Å²) >= 11 is 0. The first kappa shape index (κ1) is 22.4. The quantitative estimate of drug-likeness (QED) is 0.537. The van der Waals surface area contributed by atoms with Crippen LogP contribution in [0.5, 0.6) is 0 Å². The number of sulfone groups is 1. The van der Waals surface area contributed by atoms with E-state index in [2.05, 4.69) is 27.2 Å². The Morgan fingerprint density at radius 2 is 1.94 bits per heavy atom. The van der Waals surface area contributed by atoms with Crippen molar-refractivity contribution in [1.29, 1.82) is 0 Å². The van der Waals surface area contributed by atoms with Gasteiger partial charge in [0, 0.05) is 48.2 Å². The molecule has 1 aliphatic heterocycles. The molecule has 1 fully saturated rings. The highest BCUT2D eigenvalue weighted by Crippen LogP contribution is 2.21. The Hall–Kier alpha value is -3.79. The minimum atomic E-state index is -3.33. The summed E-state index contributed by atoms with van der Waals surface area (Å²) in [6, 6.07) is 11.4. The van der Waals surface area contributed by atoms with Crippen LogP contribution in [0, 0.1) is 0 Å². The fourth-order valence-corrected chi connectivity index (χ4v) is 4.26. The second-order valence-electron chi connectivity index (χ2n) is 7.84. The van der Waals surface area contributed by atoms with Gasteiger partial charge in [-0.15, -0.1) is 0 Å². The number of carbonyl (C=O) groups is 2. The minimum absolute atomic E-state index is 0.0318. The number of benzene rings is 2. The van der Waals surface area contributed by atoms with Crippen LogP contribution < -0.4 is 10.6 Å². The predicted molar refractivity (Wildman–Crippen MR) is 126 cm³/mol. The number of fused-ring (bicyclic) bond motifs is 1. The average molecular weight is 466 g/mol. The second kappa shape index (κ2) is 8.99. The molecule has 1 aliphatic rings. The van der Waals surface area contributed by atoms with Gasteiger partial charge in [0.05, 0.1) is 10.4 Å². The van der Waals surface area contributed by atoms with Gasteiger partial charge in [-0.2, -0.15) is 0 Å². The minimum Gasteiger partial charge on any atom is -0.350 e. The Balaban J connectivity index is 1.41. The van der Waals surface area contributed by atoms with Gasteiger partial charge in [-0.05, 0) is 55.0 Å². The van der Waals surface area contributed by atoms with Crippen molar-refractivity contribution in [1.82, 2.24) is 14.9 Å². The summed E-state index contributed by atoms with van der Waals surface area (Å²) in [4.78, 5) is 34.9. The van der Waals surface area contributed by atoms with Crippen LogP contribution in [0.3, 0.4) is 0 Å². The zero-order chi connectivity index (χ0) is 23.6. The zero-order valence-electron chi connectivity index (χ0n) is 18.0. The number of hydrogen-bond donors (Lipinski definition) is 2. The van der Waals surface area contributed by atoms with Gasteiger partial charge in [0.25, 0.3) is 5.91 Å². The van der Waals surface area contributed by atoms with Gasteiger partial charge in [-0.25, -0.2) is 18.4 Å². The van der Waals surface area contributed by atoms with Crippen LogP contribution in [-0.2, 0) is 14.6 Å². The van der Waals surface area contributed by atoms with Crippen molar-refractivity contribution in [2.45, 2.75) is 17.4 Å². The Labute approximate surface area is 191 Å². The molecule has 2 N–H and O–H groups in total. The van der Waals surface area contributed by atoms with Crippen LogP contribution in [0.4, 0.5) is 11.6 Å². The monoisotopic (exact) mass is 465 g/mol. The predicted octanol–water partition coefficient (Wildman–Crippen LogP) is 2.48. The lowest BCUT2D eigenvalue weighted by atomic mass is 10.2. The summed E-state index contributed by atoms with van der Waals surface area (Å²) in [7, 11) is -3.33. The fraction of sp³-hybridized carbons (Fsp3) is 0.217. The summed E-state index contributed by atoms with van der Waals surface area (Å²) in [5.74, 6) is -0.0288. The SMILES string of the molecule is C=CC(=O)Nc1ccc(C(=O)N2CC[C@@H](Nc3ncc4ccc(S(C)(=O)=O)cc4n3)C2)cc1. The Bertz CT molecular complexity index is 1340. The number of rotatable bonds is 6. The first-order chi connectivity index (χ1) is 15.7. The van der Waals surface area contributed by atoms with Crippen LogP contribution >= 0.6 is 0 Å². The molecule has 0 unspecified atom stereocenters. The highest BCUT2D eigenvalue weighted by atomic mass is 32.2. The maximum absolute atomic E-state index is 12.8. The average Bonchev–Trinajstić information content (AvgIpc) is 3.26. The molecule has 170 valence electrons. The molecule has 33 heavy (non-hydrogen) atoms. The fourth-order valence-electron chi connectivity index (χ4n) is 3.62. The van der Waals surface area contributed by atoms with Gasteiger partial charge >= 0.3 is 0 Å². The molecular formula is C23H23N5O4S. The third-order valence-corrected chi connectivity index (χ3v) is 6.49. The molecule has 2 amide bonds. The summed E-state index contributed by atoms with van der Waals surface area (Å²) in [6.07, 6.45) is 4.70. The molecule has 1 aromatic heterocycles. The molecule has 3 aromatic rings. The van der Waals surface area contributed by atoms with E-state index >= 15 is 0 Å². The molecule has 0 radical (unpaired) electrons. The number of likely N-dealkylation sites (tertiary alicyclic amines) is 1. The highest BCUT2D eigenvalue weighted by Gasteiger charge is 2.27. The van der Waals surface area contributed by atoms with E-state index in [9.17, 15) is 18.0 Å². The van der Waals surface area contributed by atoms with Crippen LogP contribution in [0.1, 0.15) is 16.8 Å². The summed E-state index contributed by atoms with van der Waals surface area (Å²) in [5.41, 5.74) is 1.65. The Kier molecular flexibility index (Phi) is 6.10. The lowest BCUT2D eigenvalue weighted by molar-refractivity contribution is -0.111. The van der Waals surface area contributed by atoms with Crippen molar-refractivity contribution in [3.05, 3.63) is 66.9 Å². The molecule has 0 spiro atoms. The number of carbonyl (C=O) groups excluding carboxylic acids is 2. The molecule has 10 heteroatoms. The third kappa shape index (κ3) is 5.17. The molecule has 9 nitrogen and oxygen atoms in total. The maximum Gasteiger partial charge on any atom is 0.253 e. The van der Waals surface area contributed by atoms with E-state index in [0.717, 1.165) is 18.1 Å². The van der Waals surface area contributed by atoms with Gasteiger partial charge in [-0.3, -0.25) is 9.59 Å². The smallest absolute Gasteiger partial charge is 0.253 e. The van der Waals surface area contributed by atoms with E-state index in [-0.39, 0.29) is 22.8 Å². The van der Waals surface area contributed by atoms with Crippen molar-refractivity contribution < 1.29 is 18.0 Å². The molecular weight excluding hydrogens is 442 g/mol. The van der Waals surface area contributed by atoms with Gasteiger partial charge < -0.3 is 15.5 Å². The van der Waals surface area contributed by atoms with Crippen LogP contribution in [0.15, 0.2) is 66.2 Å². The maximum atomic E-state index is 12.8. The number of hydrogen-bond acceptors (Lipinski definition) is 7. The van der Waals surface area contributed by atoms with Crippen LogP contribution in [0.2, 0.25) is 0 Å². The molecule has 1 atom stereocenters. The molecule has 1 saturated heterocycles. The van der Waals surface area contributed by atoms with Gasteiger partial charge in [0.1, 0.15) is 0 Å². The van der Waals surface area contributed by atoms with E-state index in [0.29, 0.717) is 35.8 Å². The number of amides is 2. The van der Waals surface area contributed by atoms with E-state index in [1.54, 1.807) is 41.4 Å². The normalized spacial score (nSPS) is 15.9. The summed E-state index contributed by atoms with van der Waals surface area (Å²) in [6.45, 7) is 4.47. The van der Waals surface area contributed by atoms with Crippen molar-refractivity contribution in [3.8, 4) is 0 Å². The third-order valence-electron chi connectivity index (χ3n) is 5.38. The lowest BCUT2D eigenvalue weighted by Crippen LogP contribution is -2.31. The van der Waals surface area contributed by atoms with Gasteiger partial charge in [-0.1, -0.05) is 6.58 Å². The first-order valence-electron chi connectivity index (χ1n) is 10.3. The molecule has 4 rings (SSSR count). The molecule has 2 heterocycles. The number of aromatic nitrogens is 2. The van der Waals surface area contributed by atoms with Crippen LogP contribution in [-0.4, -0.2) is 60.5 Å². The Morgan fingerprint density at radius 1 is 1.18 bits per heavy atom.